The smallest absolute Gasteiger partial charge is 0.234 e. The molecule has 0 radical (unpaired) electrons. The third-order valence-corrected chi connectivity index (χ3v) is 4.13. The maximum atomic E-state index is 8.71. The Morgan fingerprint density at radius 3 is 2.15 bits per heavy atom. The largest absolute Gasteiger partial charge is 0.372 e. The van der Waals surface area contributed by atoms with E-state index in [2.05, 4.69) is 31.9 Å². The summed E-state index contributed by atoms with van der Waals surface area (Å²) in [5.41, 5.74) is 0. The van der Waals surface area contributed by atoms with Crippen molar-refractivity contribution in [2.24, 2.45) is 0 Å². The molecular weight excluding hydrogens is 327 g/mol. The van der Waals surface area contributed by atoms with E-state index in [1.165, 1.54) is 0 Å². The first kappa shape index (κ1) is 14.1. The topological polar surface area (TPSA) is 53.0 Å². The number of hydrogen-bond donors (Lipinski definition) is 2. The first-order chi connectivity index (χ1) is 5.91. The first-order valence-corrected chi connectivity index (χ1v) is 6.11. The summed E-state index contributed by atoms with van der Waals surface area (Å²) in [6.45, 7) is 2.73. The normalized spacial score (nSPS) is 23.1. The second kappa shape index (κ2) is 6.58. The predicted octanol–water partition coefficient (Wildman–Crippen LogP) is 1.82. The van der Waals surface area contributed by atoms with Gasteiger partial charge in [-0.25, -0.2) is 0 Å². The lowest BCUT2D eigenvalue weighted by atomic mass is 10.3. The van der Waals surface area contributed by atoms with E-state index in [1.54, 1.807) is 0 Å². The van der Waals surface area contributed by atoms with Gasteiger partial charge in [-0.2, -0.15) is 0 Å². The van der Waals surface area contributed by atoms with Crippen molar-refractivity contribution in [3.8, 4) is 0 Å². The minimum Gasteiger partial charge on any atom is -0.372 e. The molecule has 0 aromatic heterocycles. The standard InChI is InChI=1S/C4H8Br2O2.C3H5ClO/c1-2-3(5)4(6,7)8;4-1-3-2-5-3/h3,7-8H,2H2,1H3;3H,1-2H2. The van der Waals surface area contributed by atoms with E-state index >= 15 is 0 Å². The second-order valence-corrected chi connectivity index (χ2v) is 5.20. The summed E-state index contributed by atoms with van der Waals surface area (Å²) in [4.78, 5) is -0.310. The van der Waals surface area contributed by atoms with Gasteiger partial charge in [-0.3, -0.25) is 0 Å². The van der Waals surface area contributed by atoms with Crippen molar-refractivity contribution in [3.63, 3.8) is 0 Å². The summed E-state index contributed by atoms with van der Waals surface area (Å²) in [5, 5.41) is 17.4. The number of halogens is 3. The van der Waals surface area contributed by atoms with E-state index < -0.39 is 4.70 Å². The van der Waals surface area contributed by atoms with Gasteiger partial charge in [-0.05, 0) is 22.4 Å². The Labute approximate surface area is 99.7 Å². The van der Waals surface area contributed by atoms with Crippen LogP contribution >= 0.6 is 43.5 Å². The molecule has 0 bridgehead atoms. The molecule has 80 valence electrons. The molecule has 0 spiro atoms. The minimum atomic E-state index is -1.76. The Kier molecular flexibility index (Phi) is 7.16. The third kappa shape index (κ3) is 8.15. The number of aliphatic hydroxyl groups is 2. The monoisotopic (exact) mass is 338 g/mol. The molecule has 6 heteroatoms. The van der Waals surface area contributed by atoms with Crippen molar-refractivity contribution in [3.05, 3.63) is 0 Å². The van der Waals surface area contributed by atoms with Crippen LogP contribution in [0, 0.1) is 0 Å². The fraction of sp³-hybridized carbons (Fsp3) is 1.00. The molecule has 0 amide bonds. The molecule has 2 atom stereocenters. The number of rotatable bonds is 3. The van der Waals surface area contributed by atoms with Crippen LogP contribution in [0.25, 0.3) is 0 Å². The van der Waals surface area contributed by atoms with Gasteiger partial charge in [0, 0.05) is 0 Å². The van der Waals surface area contributed by atoms with E-state index in [0.29, 0.717) is 18.4 Å². The van der Waals surface area contributed by atoms with Gasteiger partial charge < -0.3 is 14.9 Å². The summed E-state index contributed by atoms with van der Waals surface area (Å²) in [6.07, 6.45) is 1.06. The van der Waals surface area contributed by atoms with Gasteiger partial charge in [-0.15, -0.1) is 11.6 Å². The highest BCUT2D eigenvalue weighted by Gasteiger charge is 2.26. The highest BCUT2D eigenvalue weighted by Crippen LogP contribution is 2.23. The molecule has 1 fully saturated rings. The van der Waals surface area contributed by atoms with Crippen molar-refractivity contribution >= 4 is 43.5 Å². The van der Waals surface area contributed by atoms with Gasteiger partial charge >= 0.3 is 0 Å². The Bertz CT molecular complexity index is 136. The molecule has 0 saturated carbocycles. The van der Waals surface area contributed by atoms with Gasteiger partial charge in [0.05, 0.1) is 23.4 Å². The zero-order valence-electron chi connectivity index (χ0n) is 7.21. The maximum Gasteiger partial charge on any atom is 0.234 e. The van der Waals surface area contributed by atoms with Crippen LogP contribution in [0.5, 0.6) is 0 Å². The Morgan fingerprint density at radius 2 is 2.15 bits per heavy atom. The second-order valence-electron chi connectivity index (χ2n) is 2.62. The highest BCUT2D eigenvalue weighted by molar-refractivity contribution is 9.12. The van der Waals surface area contributed by atoms with Gasteiger partial charge in [0.15, 0.2) is 0 Å². The minimum absolute atomic E-state index is 0.310. The molecule has 3 nitrogen and oxygen atoms in total. The van der Waals surface area contributed by atoms with E-state index in [9.17, 15) is 0 Å². The highest BCUT2D eigenvalue weighted by atomic mass is 79.9. The quantitative estimate of drug-likeness (QED) is 0.468. The average Bonchev–Trinajstić information content (AvgIpc) is 2.84. The predicted molar refractivity (Wildman–Crippen MR) is 59.6 cm³/mol. The summed E-state index contributed by atoms with van der Waals surface area (Å²) in [7, 11) is 0. The molecule has 2 N–H and O–H groups in total. The van der Waals surface area contributed by atoms with Crippen molar-refractivity contribution in [1.82, 2.24) is 0 Å². The van der Waals surface area contributed by atoms with Gasteiger partial charge in [0.25, 0.3) is 0 Å². The zero-order valence-corrected chi connectivity index (χ0v) is 11.1. The molecule has 0 aromatic rings. The molecule has 1 aliphatic rings. The lowest BCUT2D eigenvalue weighted by molar-refractivity contribution is -0.0676. The number of epoxide rings is 1. The van der Waals surface area contributed by atoms with Crippen LogP contribution in [0.4, 0.5) is 0 Å². The molecule has 1 aliphatic heterocycles. The van der Waals surface area contributed by atoms with Crippen molar-refractivity contribution < 1.29 is 14.9 Å². The fourth-order valence-electron chi connectivity index (χ4n) is 0.417. The zero-order chi connectivity index (χ0) is 10.5. The number of alkyl halides is 3. The molecule has 1 heterocycles. The Balaban J connectivity index is 0.000000243. The third-order valence-electron chi connectivity index (χ3n) is 1.33. The molecule has 0 aromatic carbocycles. The Morgan fingerprint density at radius 1 is 1.69 bits per heavy atom. The van der Waals surface area contributed by atoms with Crippen molar-refractivity contribution in [2.45, 2.75) is 29.0 Å². The Hall–Kier alpha value is 1.13. The molecular formula is C7H13Br2ClO3. The number of ether oxygens (including phenoxy) is 1. The SMILES string of the molecule is CCC(Br)C(O)(O)Br.ClCC1CO1. The summed E-state index contributed by atoms with van der Waals surface area (Å²) in [6, 6.07) is 0. The van der Waals surface area contributed by atoms with E-state index in [-0.39, 0.29) is 4.83 Å². The van der Waals surface area contributed by atoms with Crippen LogP contribution in [-0.4, -0.2) is 38.3 Å². The average molecular weight is 340 g/mol. The molecule has 13 heavy (non-hydrogen) atoms. The van der Waals surface area contributed by atoms with E-state index in [0.717, 1.165) is 6.61 Å². The van der Waals surface area contributed by atoms with E-state index in [4.69, 9.17) is 26.6 Å². The van der Waals surface area contributed by atoms with Crippen molar-refractivity contribution in [2.75, 3.05) is 12.5 Å². The summed E-state index contributed by atoms with van der Waals surface area (Å²) < 4.78 is 2.96. The van der Waals surface area contributed by atoms with Crippen LogP contribution in [0.3, 0.4) is 0 Å². The molecule has 1 rings (SSSR count). The van der Waals surface area contributed by atoms with Crippen molar-refractivity contribution in [1.29, 1.82) is 0 Å². The van der Waals surface area contributed by atoms with E-state index in [1.807, 2.05) is 6.92 Å². The van der Waals surface area contributed by atoms with Gasteiger partial charge in [0.2, 0.25) is 4.70 Å². The van der Waals surface area contributed by atoms with Crippen LogP contribution in [0.1, 0.15) is 13.3 Å². The van der Waals surface area contributed by atoms with Gasteiger partial charge in [-0.1, -0.05) is 22.9 Å². The molecule has 0 aliphatic carbocycles. The molecule has 1 saturated heterocycles. The van der Waals surface area contributed by atoms with Crippen LogP contribution in [0.2, 0.25) is 0 Å². The lowest BCUT2D eigenvalue weighted by Gasteiger charge is -2.18. The van der Waals surface area contributed by atoms with Crippen LogP contribution in [-0.2, 0) is 4.74 Å². The summed E-state index contributed by atoms with van der Waals surface area (Å²) in [5.74, 6) is 0.667. The maximum absolute atomic E-state index is 8.71. The van der Waals surface area contributed by atoms with Crippen LogP contribution < -0.4 is 0 Å². The lowest BCUT2D eigenvalue weighted by Crippen LogP contribution is -2.30. The number of hydrogen-bond acceptors (Lipinski definition) is 3. The summed E-state index contributed by atoms with van der Waals surface area (Å²) >= 11 is 11.0. The molecule has 2 unspecified atom stereocenters. The fourth-order valence-corrected chi connectivity index (χ4v) is 0.919. The van der Waals surface area contributed by atoms with Gasteiger partial charge in [0.1, 0.15) is 0 Å². The van der Waals surface area contributed by atoms with Crippen LogP contribution in [0.15, 0.2) is 0 Å². The first-order valence-electron chi connectivity index (χ1n) is 3.87.